The summed E-state index contributed by atoms with van der Waals surface area (Å²) >= 11 is 0. The Kier molecular flexibility index (Phi) is 3.42. The first-order valence-electron chi connectivity index (χ1n) is 8.05. The first-order chi connectivity index (χ1) is 11.6. The number of amides is 1. The molecule has 24 heavy (non-hydrogen) atoms. The molecule has 0 aromatic heterocycles. The van der Waals surface area contributed by atoms with Crippen LogP contribution < -0.4 is 15.8 Å². The predicted molar refractivity (Wildman–Crippen MR) is 87.9 cm³/mol. The van der Waals surface area contributed by atoms with Crippen LogP contribution in [0.3, 0.4) is 0 Å². The van der Waals surface area contributed by atoms with Gasteiger partial charge in [-0.3, -0.25) is 9.59 Å². The fourth-order valence-electron chi connectivity index (χ4n) is 3.68. The van der Waals surface area contributed by atoms with E-state index in [0.717, 1.165) is 29.0 Å². The van der Waals surface area contributed by atoms with Crippen molar-refractivity contribution >= 4 is 11.7 Å². The highest BCUT2D eigenvalue weighted by Gasteiger charge is 2.43. The van der Waals surface area contributed by atoms with Crippen molar-refractivity contribution in [2.45, 2.75) is 25.0 Å². The second-order valence-electron chi connectivity index (χ2n) is 6.25. The van der Waals surface area contributed by atoms with E-state index in [0.29, 0.717) is 6.54 Å². The lowest BCUT2D eigenvalue weighted by Gasteiger charge is -2.46. The molecule has 2 aliphatic heterocycles. The molecule has 1 fully saturated rings. The van der Waals surface area contributed by atoms with Gasteiger partial charge in [-0.05, 0) is 29.7 Å². The summed E-state index contributed by atoms with van der Waals surface area (Å²) in [5.74, 6) is 0.306. The minimum Gasteiger partial charge on any atom is -0.497 e. The highest BCUT2D eigenvalue weighted by atomic mass is 16.5. The van der Waals surface area contributed by atoms with Crippen LogP contribution in [0.1, 0.15) is 24.6 Å². The highest BCUT2D eigenvalue weighted by Crippen LogP contribution is 2.40. The van der Waals surface area contributed by atoms with Gasteiger partial charge in [0.15, 0.2) is 5.78 Å². The third-order valence-electron chi connectivity index (χ3n) is 4.90. The number of rotatable bonds is 2. The zero-order valence-corrected chi connectivity index (χ0v) is 13.4. The molecule has 1 saturated heterocycles. The summed E-state index contributed by atoms with van der Waals surface area (Å²) < 4.78 is 5.19. The number of hydrogen-bond donors (Lipinski definition) is 2. The van der Waals surface area contributed by atoms with Gasteiger partial charge in [0.1, 0.15) is 17.5 Å². The number of nitrogens with zero attached hydrogens (tertiary/aromatic N) is 1. The molecule has 0 bridgehead atoms. The molecule has 1 aromatic rings. The van der Waals surface area contributed by atoms with Crippen LogP contribution in [0, 0.1) is 0 Å². The number of hydrogen-bond acceptors (Lipinski definition) is 5. The number of benzene rings is 1. The predicted octanol–water partition coefficient (Wildman–Crippen LogP) is 1.01. The van der Waals surface area contributed by atoms with E-state index in [-0.39, 0.29) is 35.9 Å². The molecule has 4 rings (SSSR count). The Morgan fingerprint density at radius 2 is 2.00 bits per heavy atom. The van der Waals surface area contributed by atoms with Crippen LogP contribution in [-0.4, -0.2) is 36.3 Å². The SMILES string of the molecule is COc1ccc(C2NC(=O)C3=C4C(=CCC3=O)C(N)CCN42)cc1. The molecule has 2 heterocycles. The Hall–Kier alpha value is -2.60. The largest absolute Gasteiger partial charge is 0.497 e. The van der Waals surface area contributed by atoms with Crippen LogP contribution in [-0.2, 0) is 9.59 Å². The summed E-state index contributed by atoms with van der Waals surface area (Å²) in [7, 11) is 1.62. The maximum Gasteiger partial charge on any atom is 0.258 e. The number of carbonyl (C=O) groups is 2. The van der Waals surface area contributed by atoms with Crippen molar-refractivity contribution in [1.29, 1.82) is 0 Å². The van der Waals surface area contributed by atoms with E-state index in [9.17, 15) is 9.59 Å². The normalized spacial score (nSPS) is 25.9. The standard InChI is InChI=1S/C18H19N3O3/c1-24-11-4-2-10(3-5-11)17-20-18(23)15-14(22)7-6-12-13(19)8-9-21(17)16(12)15/h2-6,13,17H,7-9,19H2,1H3,(H,20,23). The van der Waals surface area contributed by atoms with Gasteiger partial charge in [-0.2, -0.15) is 0 Å². The van der Waals surface area contributed by atoms with E-state index in [2.05, 4.69) is 10.2 Å². The zero-order valence-electron chi connectivity index (χ0n) is 13.4. The molecule has 2 unspecified atom stereocenters. The molecular formula is C18H19N3O3. The van der Waals surface area contributed by atoms with E-state index >= 15 is 0 Å². The van der Waals surface area contributed by atoms with Crippen LogP contribution in [0.4, 0.5) is 0 Å². The van der Waals surface area contributed by atoms with Crippen molar-refractivity contribution in [3.8, 4) is 5.75 Å². The molecule has 0 radical (unpaired) electrons. The Morgan fingerprint density at radius 3 is 2.71 bits per heavy atom. The molecule has 124 valence electrons. The maximum atomic E-state index is 12.6. The van der Waals surface area contributed by atoms with Gasteiger partial charge in [-0.1, -0.05) is 18.2 Å². The summed E-state index contributed by atoms with van der Waals surface area (Å²) in [6, 6.07) is 7.46. The van der Waals surface area contributed by atoms with Crippen molar-refractivity contribution in [2.75, 3.05) is 13.7 Å². The first kappa shape index (κ1) is 15.0. The average Bonchev–Trinajstić information content (AvgIpc) is 2.60. The molecule has 0 saturated carbocycles. The minimum atomic E-state index is -0.313. The molecule has 2 atom stereocenters. The average molecular weight is 325 g/mol. The van der Waals surface area contributed by atoms with Crippen molar-refractivity contribution in [3.63, 3.8) is 0 Å². The van der Waals surface area contributed by atoms with E-state index in [1.807, 2.05) is 30.3 Å². The zero-order chi connectivity index (χ0) is 16.8. The number of allylic oxidation sites excluding steroid dienone is 1. The number of ketones is 1. The fourth-order valence-corrected chi connectivity index (χ4v) is 3.68. The second-order valence-corrected chi connectivity index (χ2v) is 6.25. The van der Waals surface area contributed by atoms with Gasteiger partial charge in [-0.15, -0.1) is 0 Å². The molecule has 3 N–H and O–H groups in total. The molecule has 1 amide bonds. The van der Waals surface area contributed by atoms with Gasteiger partial charge in [-0.25, -0.2) is 0 Å². The topological polar surface area (TPSA) is 84.7 Å². The lowest BCUT2D eigenvalue weighted by Crippen LogP contribution is -2.54. The number of piperidine rings is 1. The van der Waals surface area contributed by atoms with Crippen molar-refractivity contribution in [1.82, 2.24) is 10.2 Å². The monoisotopic (exact) mass is 325 g/mol. The minimum absolute atomic E-state index is 0.123. The van der Waals surface area contributed by atoms with Crippen LogP contribution in [0.2, 0.25) is 0 Å². The molecule has 1 aromatic carbocycles. The van der Waals surface area contributed by atoms with Crippen molar-refractivity contribution in [2.24, 2.45) is 5.73 Å². The quantitative estimate of drug-likeness (QED) is 0.793. The van der Waals surface area contributed by atoms with Gasteiger partial charge in [0, 0.05) is 19.0 Å². The molecule has 3 aliphatic rings. The smallest absolute Gasteiger partial charge is 0.258 e. The number of carbonyl (C=O) groups excluding carboxylic acids is 2. The van der Waals surface area contributed by atoms with Crippen molar-refractivity contribution in [3.05, 3.63) is 52.7 Å². The molecule has 6 nitrogen and oxygen atoms in total. The summed E-state index contributed by atoms with van der Waals surface area (Å²) in [5, 5.41) is 2.97. The van der Waals surface area contributed by atoms with Gasteiger partial charge in [0.2, 0.25) is 0 Å². The first-order valence-corrected chi connectivity index (χ1v) is 8.05. The summed E-state index contributed by atoms with van der Waals surface area (Å²) in [6.07, 6.45) is 2.61. The summed E-state index contributed by atoms with van der Waals surface area (Å²) in [6.45, 7) is 0.696. The van der Waals surface area contributed by atoms with Gasteiger partial charge < -0.3 is 20.7 Å². The molecule has 6 heteroatoms. The van der Waals surface area contributed by atoms with E-state index in [1.165, 1.54) is 0 Å². The lowest BCUT2D eigenvalue weighted by atomic mass is 9.83. The van der Waals surface area contributed by atoms with Crippen LogP contribution in [0.5, 0.6) is 5.75 Å². The Bertz CT molecular complexity index is 779. The number of Topliss-reactive ketones (excluding diaryl/α,β-unsaturated/α-hetero) is 1. The van der Waals surface area contributed by atoms with Crippen LogP contribution in [0.25, 0.3) is 0 Å². The van der Waals surface area contributed by atoms with Crippen molar-refractivity contribution < 1.29 is 14.3 Å². The third-order valence-corrected chi connectivity index (χ3v) is 4.90. The van der Waals surface area contributed by atoms with Gasteiger partial charge >= 0.3 is 0 Å². The molecule has 0 spiro atoms. The lowest BCUT2D eigenvalue weighted by molar-refractivity contribution is -0.125. The van der Waals surface area contributed by atoms with Gasteiger partial charge in [0.25, 0.3) is 5.91 Å². The molecule has 1 aliphatic carbocycles. The number of methoxy groups -OCH3 is 1. The molecular weight excluding hydrogens is 306 g/mol. The van der Waals surface area contributed by atoms with E-state index in [4.69, 9.17) is 10.5 Å². The third kappa shape index (κ3) is 2.14. The Morgan fingerprint density at radius 1 is 1.25 bits per heavy atom. The summed E-state index contributed by atoms with van der Waals surface area (Å²) in [5.41, 5.74) is 9.06. The maximum absolute atomic E-state index is 12.6. The number of nitrogens with two attached hydrogens (primary N) is 1. The second kappa shape index (κ2) is 5.49. The number of ether oxygens (including phenoxy) is 1. The van der Waals surface area contributed by atoms with Crippen LogP contribution >= 0.6 is 0 Å². The fraction of sp³-hybridized carbons (Fsp3) is 0.333. The highest BCUT2D eigenvalue weighted by molar-refractivity contribution is 6.22. The van der Waals surface area contributed by atoms with E-state index < -0.39 is 0 Å². The van der Waals surface area contributed by atoms with Crippen LogP contribution in [0.15, 0.2) is 47.2 Å². The number of nitrogens with one attached hydrogen (secondary N) is 1. The Labute approximate surface area is 140 Å². The summed E-state index contributed by atoms with van der Waals surface area (Å²) in [4.78, 5) is 26.9. The van der Waals surface area contributed by atoms with Gasteiger partial charge in [0.05, 0.1) is 12.8 Å². The van der Waals surface area contributed by atoms with E-state index in [1.54, 1.807) is 7.11 Å². The Balaban J connectivity index is 1.79.